The highest BCUT2D eigenvalue weighted by Crippen LogP contribution is 2.38. The topological polar surface area (TPSA) is 74.6 Å². The molecule has 4 nitrogen and oxygen atoms in total. The summed E-state index contributed by atoms with van der Waals surface area (Å²) in [4.78, 5) is 22.6. The highest BCUT2D eigenvalue weighted by Gasteiger charge is 2.31. The molecule has 0 saturated heterocycles. The Kier molecular flexibility index (Phi) is 4.99. The Balaban J connectivity index is 1.87. The maximum Gasteiger partial charge on any atom is 0.303 e. The molecule has 2 rings (SSSR count). The fourth-order valence-electron chi connectivity index (χ4n) is 3.09. The summed E-state index contributed by atoms with van der Waals surface area (Å²) >= 11 is 0. The van der Waals surface area contributed by atoms with Crippen molar-refractivity contribution in [3.8, 4) is 5.75 Å². The summed E-state index contributed by atoms with van der Waals surface area (Å²) in [6, 6.07) is 3.55. The molecule has 114 valence electrons. The van der Waals surface area contributed by atoms with E-state index < -0.39 is 5.97 Å². The number of benzene rings is 1. The van der Waals surface area contributed by atoms with Gasteiger partial charge in [0.25, 0.3) is 0 Å². The molecule has 1 aromatic rings. The van der Waals surface area contributed by atoms with Crippen molar-refractivity contribution in [2.75, 3.05) is 0 Å². The van der Waals surface area contributed by atoms with E-state index in [1.54, 1.807) is 6.07 Å². The summed E-state index contributed by atoms with van der Waals surface area (Å²) in [6.45, 7) is 1.86. The highest BCUT2D eigenvalue weighted by molar-refractivity contribution is 5.93. The number of carboxylic acid groups (broad SMARTS) is 1. The molecule has 1 aliphatic carbocycles. The average molecular weight is 290 g/mol. The Labute approximate surface area is 124 Å². The van der Waals surface area contributed by atoms with Crippen molar-refractivity contribution in [3.05, 3.63) is 28.8 Å². The van der Waals surface area contributed by atoms with Gasteiger partial charge in [-0.25, -0.2) is 0 Å². The Morgan fingerprint density at radius 3 is 2.67 bits per heavy atom. The molecule has 1 unspecified atom stereocenters. The Hall–Kier alpha value is -1.84. The predicted molar refractivity (Wildman–Crippen MR) is 79.6 cm³/mol. The largest absolute Gasteiger partial charge is 0.508 e. The second-order valence-electron chi connectivity index (χ2n) is 5.82. The van der Waals surface area contributed by atoms with Crippen LogP contribution in [0.4, 0.5) is 0 Å². The lowest BCUT2D eigenvalue weighted by Crippen LogP contribution is -2.06. The van der Waals surface area contributed by atoms with Gasteiger partial charge in [-0.15, -0.1) is 0 Å². The molecule has 1 aromatic carbocycles. The number of fused-ring (bicyclic) bond motifs is 1. The molecule has 0 radical (unpaired) electrons. The number of rotatable bonds is 7. The lowest BCUT2D eigenvalue weighted by atomic mass is 9.93. The maximum atomic E-state index is 12.1. The minimum Gasteiger partial charge on any atom is -0.508 e. The monoisotopic (exact) mass is 290 g/mol. The first-order valence-corrected chi connectivity index (χ1v) is 7.56. The molecule has 21 heavy (non-hydrogen) atoms. The zero-order valence-corrected chi connectivity index (χ0v) is 12.4. The van der Waals surface area contributed by atoms with E-state index in [0.29, 0.717) is 12.8 Å². The van der Waals surface area contributed by atoms with E-state index in [9.17, 15) is 14.7 Å². The lowest BCUT2D eigenvalue weighted by Gasteiger charge is -2.11. The zero-order valence-electron chi connectivity index (χ0n) is 12.4. The number of carbonyl (C=O) groups excluding carboxylic acids is 1. The van der Waals surface area contributed by atoms with E-state index in [0.717, 1.165) is 42.4 Å². The normalized spacial score (nSPS) is 17.0. The number of hydrogen-bond donors (Lipinski definition) is 2. The van der Waals surface area contributed by atoms with Gasteiger partial charge < -0.3 is 10.2 Å². The number of carboxylic acids is 1. The molecule has 2 N–H and O–H groups in total. The van der Waals surface area contributed by atoms with E-state index >= 15 is 0 Å². The number of aromatic hydroxyl groups is 1. The number of phenols is 1. The Morgan fingerprint density at radius 1 is 1.24 bits per heavy atom. The second kappa shape index (κ2) is 6.74. The fraction of sp³-hybridized carbons (Fsp3) is 0.529. The van der Waals surface area contributed by atoms with Crippen LogP contribution in [0.15, 0.2) is 12.1 Å². The summed E-state index contributed by atoms with van der Waals surface area (Å²) in [5.41, 5.74) is 2.89. The minimum absolute atomic E-state index is 0.0428. The van der Waals surface area contributed by atoms with Crippen LogP contribution in [0, 0.1) is 6.92 Å². The minimum atomic E-state index is -0.745. The van der Waals surface area contributed by atoms with Crippen LogP contribution in [0.3, 0.4) is 0 Å². The van der Waals surface area contributed by atoms with Gasteiger partial charge in [0.05, 0.1) is 0 Å². The SMILES string of the molecule is Cc1c(O)ccc2c1CC(=O)C2CCCCCCC(=O)O. The Bertz CT molecular complexity index is 548. The third kappa shape index (κ3) is 3.63. The molecule has 0 aliphatic heterocycles. The van der Waals surface area contributed by atoms with Crippen LogP contribution in [-0.2, 0) is 16.0 Å². The molecule has 4 heteroatoms. The van der Waals surface area contributed by atoms with Crippen LogP contribution in [0.5, 0.6) is 5.75 Å². The van der Waals surface area contributed by atoms with Gasteiger partial charge in [0.1, 0.15) is 11.5 Å². The van der Waals surface area contributed by atoms with Crippen LogP contribution in [0.1, 0.15) is 61.1 Å². The van der Waals surface area contributed by atoms with Crippen molar-refractivity contribution in [1.29, 1.82) is 0 Å². The van der Waals surface area contributed by atoms with Crippen LogP contribution < -0.4 is 0 Å². The standard InChI is InChI=1S/C17H22O4/c1-11-14-10-16(19)13(12(14)8-9-15(11)18)6-4-2-3-5-7-17(20)21/h8-9,13,18H,2-7,10H2,1H3,(H,20,21). The molecular formula is C17H22O4. The van der Waals surface area contributed by atoms with Gasteiger partial charge in [-0.1, -0.05) is 25.3 Å². The first-order chi connectivity index (χ1) is 10.0. The van der Waals surface area contributed by atoms with E-state index in [-0.39, 0.29) is 23.9 Å². The Morgan fingerprint density at radius 2 is 1.95 bits per heavy atom. The third-order valence-corrected chi connectivity index (χ3v) is 4.35. The predicted octanol–water partition coefficient (Wildman–Crippen LogP) is 3.33. The number of ketones is 1. The highest BCUT2D eigenvalue weighted by atomic mass is 16.4. The number of phenolic OH excluding ortho intramolecular Hbond substituents is 1. The van der Waals surface area contributed by atoms with Gasteiger partial charge >= 0.3 is 5.97 Å². The van der Waals surface area contributed by atoms with Crippen molar-refractivity contribution in [3.63, 3.8) is 0 Å². The summed E-state index contributed by atoms with van der Waals surface area (Å²) in [5.74, 6) is -0.288. The first kappa shape index (κ1) is 15.5. The molecular weight excluding hydrogens is 268 g/mol. The number of hydrogen-bond acceptors (Lipinski definition) is 3. The number of aliphatic carboxylic acids is 1. The molecule has 1 aliphatic rings. The molecule has 0 aromatic heterocycles. The first-order valence-electron chi connectivity index (χ1n) is 7.56. The van der Waals surface area contributed by atoms with Crippen LogP contribution in [0.2, 0.25) is 0 Å². The van der Waals surface area contributed by atoms with Gasteiger partial charge in [-0.3, -0.25) is 9.59 Å². The molecule has 0 amide bonds. The summed E-state index contributed by atoms with van der Waals surface area (Å²) in [6.07, 6.45) is 4.98. The quantitative estimate of drug-likeness (QED) is 0.755. The van der Waals surface area contributed by atoms with Crippen LogP contribution >= 0.6 is 0 Å². The van der Waals surface area contributed by atoms with Crippen molar-refractivity contribution in [1.82, 2.24) is 0 Å². The molecule has 0 fully saturated rings. The van der Waals surface area contributed by atoms with E-state index in [4.69, 9.17) is 5.11 Å². The molecule has 0 spiro atoms. The number of unbranched alkanes of at least 4 members (excludes halogenated alkanes) is 3. The smallest absolute Gasteiger partial charge is 0.303 e. The van der Waals surface area contributed by atoms with Gasteiger partial charge in [-0.2, -0.15) is 0 Å². The summed E-state index contributed by atoms with van der Waals surface area (Å²) < 4.78 is 0. The maximum absolute atomic E-state index is 12.1. The van der Waals surface area contributed by atoms with Gasteiger partial charge in [-0.05, 0) is 42.5 Å². The van der Waals surface area contributed by atoms with E-state index in [1.807, 2.05) is 13.0 Å². The van der Waals surface area contributed by atoms with Gasteiger partial charge in [0.2, 0.25) is 0 Å². The van der Waals surface area contributed by atoms with Gasteiger partial charge in [0, 0.05) is 18.8 Å². The van der Waals surface area contributed by atoms with Crippen molar-refractivity contribution < 1.29 is 19.8 Å². The second-order valence-corrected chi connectivity index (χ2v) is 5.82. The van der Waals surface area contributed by atoms with Crippen LogP contribution in [-0.4, -0.2) is 22.0 Å². The zero-order chi connectivity index (χ0) is 15.4. The van der Waals surface area contributed by atoms with E-state index in [1.165, 1.54) is 0 Å². The molecule has 0 bridgehead atoms. The van der Waals surface area contributed by atoms with E-state index in [2.05, 4.69) is 0 Å². The van der Waals surface area contributed by atoms with Crippen molar-refractivity contribution in [2.45, 2.75) is 57.8 Å². The summed E-state index contributed by atoms with van der Waals surface area (Å²) in [7, 11) is 0. The van der Waals surface area contributed by atoms with Gasteiger partial charge in [0.15, 0.2) is 0 Å². The van der Waals surface area contributed by atoms with Crippen LogP contribution in [0.25, 0.3) is 0 Å². The summed E-state index contributed by atoms with van der Waals surface area (Å²) in [5, 5.41) is 18.3. The molecule has 0 heterocycles. The molecule has 0 saturated carbocycles. The lowest BCUT2D eigenvalue weighted by molar-refractivity contribution is -0.137. The number of Topliss-reactive ketones (excluding diaryl/α,β-unsaturated/α-hetero) is 1. The fourth-order valence-corrected chi connectivity index (χ4v) is 3.09. The van der Waals surface area contributed by atoms with Crippen molar-refractivity contribution >= 4 is 11.8 Å². The molecule has 1 atom stereocenters. The average Bonchev–Trinajstić information content (AvgIpc) is 2.75. The third-order valence-electron chi connectivity index (χ3n) is 4.35. The van der Waals surface area contributed by atoms with Crippen molar-refractivity contribution in [2.24, 2.45) is 0 Å². The number of carbonyl (C=O) groups is 2.